The molecule has 0 unspecified atom stereocenters. The fraction of sp³-hybridized carbons (Fsp3) is 0.850. The molecule has 0 heterocycles. The van der Waals surface area contributed by atoms with E-state index >= 15 is 0 Å². The van der Waals surface area contributed by atoms with Gasteiger partial charge in [0, 0.05) is 0 Å². The van der Waals surface area contributed by atoms with Crippen molar-refractivity contribution in [3.8, 4) is 0 Å². The summed E-state index contributed by atoms with van der Waals surface area (Å²) in [5.41, 5.74) is 0. The summed E-state index contributed by atoms with van der Waals surface area (Å²) in [5, 5.41) is 11.2. The van der Waals surface area contributed by atoms with Gasteiger partial charge in [-0.15, -0.1) is 0 Å². The predicted octanol–water partition coefficient (Wildman–Crippen LogP) is 6.05. The molecule has 0 rings (SSSR count). The SMILES string of the molecule is CCCCCCCCCCCCCCCC/C=C/NCC(=O)O. The van der Waals surface area contributed by atoms with Crippen LogP contribution in [-0.2, 0) is 4.79 Å². The highest BCUT2D eigenvalue weighted by Crippen LogP contribution is 2.13. The molecule has 0 atom stereocenters. The number of allylic oxidation sites excluding steroid dienone is 1. The van der Waals surface area contributed by atoms with Gasteiger partial charge in [-0.25, -0.2) is 0 Å². The Bertz CT molecular complexity index is 277. The lowest BCUT2D eigenvalue weighted by molar-refractivity contribution is -0.135. The van der Waals surface area contributed by atoms with E-state index in [-0.39, 0.29) is 6.54 Å². The van der Waals surface area contributed by atoms with Crippen molar-refractivity contribution >= 4 is 5.97 Å². The van der Waals surface area contributed by atoms with Crippen LogP contribution in [0, 0.1) is 0 Å². The number of aliphatic carboxylic acids is 1. The lowest BCUT2D eigenvalue weighted by Crippen LogP contribution is -2.16. The average Bonchev–Trinajstić information content (AvgIpc) is 2.53. The molecule has 0 aliphatic carbocycles. The van der Waals surface area contributed by atoms with Gasteiger partial charge in [0.1, 0.15) is 6.54 Å². The maximum Gasteiger partial charge on any atom is 0.322 e. The average molecular weight is 326 g/mol. The van der Waals surface area contributed by atoms with Crippen LogP contribution in [0.3, 0.4) is 0 Å². The standard InChI is InChI=1S/C20H39NO2/c1-2-3-4-5-6-7-8-9-10-11-12-13-14-15-16-17-18-21-19-20(22)23/h17-18,21H,2-16,19H2,1H3,(H,22,23)/b18-17+. The summed E-state index contributed by atoms with van der Waals surface area (Å²) in [6.45, 7) is 2.28. The van der Waals surface area contributed by atoms with E-state index in [1.54, 1.807) is 6.20 Å². The minimum Gasteiger partial charge on any atom is -0.480 e. The molecule has 0 radical (unpaired) electrons. The number of nitrogens with one attached hydrogen (secondary N) is 1. The molecule has 0 saturated carbocycles. The van der Waals surface area contributed by atoms with Gasteiger partial charge in [0.05, 0.1) is 0 Å². The highest BCUT2D eigenvalue weighted by atomic mass is 16.4. The fourth-order valence-corrected chi connectivity index (χ4v) is 2.77. The molecule has 0 aliphatic rings. The first-order valence-electron chi connectivity index (χ1n) is 9.87. The van der Waals surface area contributed by atoms with Gasteiger partial charge in [0.2, 0.25) is 0 Å². The van der Waals surface area contributed by atoms with Crippen LogP contribution in [0.1, 0.15) is 103 Å². The van der Waals surface area contributed by atoms with Crippen LogP contribution in [0.15, 0.2) is 12.3 Å². The molecule has 0 fully saturated rings. The number of carboxylic acid groups (broad SMARTS) is 1. The summed E-state index contributed by atoms with van der Waals surface area (Å²) >= 11 is 0. The van der Waals surface area contributed by atoms with Crippen molar-refractivity contribution in [2.75, 3.05) is 6.54 Å². The largest absolute Gasteiger partial charge is 0.480 e. The van der Waals surface area contributed by atoms with Crippen molar-refractivity contribution in [2.45, 2.75) is 103 Å². The molecule has 0 spiro atoms. The number of unbranched alkanes of at least 4 members (excludes halogenated alkanes) is 14. The summed E-state index contributed by atoms with van der Waals surface area (Å²) in [6.07, 6.45) is 24.2. The van der Waals surface area contributed by atoms with Gasteiger partial charge in [-0.05, 0) is 19.0 Å². The molecule has 0 amide bonds. The number of hydrogen-bond acceptors (Lipinski definition) is 2. The van der Waals surface area contributed by atoms with Crippen LogP contribution in [0.4, 0.5) is 0 Å². The second-order valence-electron chi connectivity index (χ2n) is 6.56. The Hall–Kier alpha value is -0.990. The van der Waals surface area contributed by atoms with Crippen molar-refractivity contribution in [1.29, 1.82) is 0 Å². The lowest BCUT2D eigenvalue weighted by atomic mass is 10.0. The summed E-state index contributed by atoms with van der Waals surface area (Å²) in [7, 11) is 0. The van der Waals surface area contributed by atoms with Crippen LogP contribution >= 0.6 is 0 Å². The molecular weight excluding hydrogens is 286 g/mol. The molecule has 0 aromatic heterocycles. The highest BCUT2D eigenvalue weighted by Gasteiger charge is 1.94. The maximum atomic E-state index is 10.3. The highest BCUT2D eigenvalue weighted by molar-refractivity contribution is 5.69. The van der Waals surface area contributed by atoms with Gasteiger partial charge in [0.25, 0.3) is 0 Å². The molecule has 0 bridgehead atoms. The van der Waals surface area contributed by atoms with Crippen molar-refractivity contribution in [3.63, 3.8) is 0 Å². The third-order valence-electron chi connectivity index (χ3n) is 4.21. The summed E-state index contributed by atoms with van der Waals surface area (Å²) < 4.78 is 0. The Labute approximate surface area is 143 Å². The van der Waals surface area contributed by atoms with Crippen LogP contribution in [-0.4, -0.2) is 17.6 Å². The van der Waals surface area contributed by atoms with Gasteiger partial charge in [-0.1, -0.05) is 96.5 Å². The minimum atomic E-state index is -0.814. The number of carboxylic acids is 1. The molecule has 3 nitrogen and oxygen atoms in total. The van der Waals surface area contributed by atoms with Crippen LogP contribution in [0.5, 0.6) is 0 Å². The predicted molar refractivity (Wildman–Crippen MR) is 99.7 cm³/mol. The third-order valence-corrected chi connectivity index (χ3v) is 4.21. The van der Waals surface area contributed by atoms with Crippen molar-refractivity contribution in [2.24, 2.45) is 0 Å². The maximum absolute atomic E-state index is 10.3. The first-order chi connectivity index (χ1) is 11.3. The monoisotopic (exact) mass is 325 g/mol. The van der Waals surface area contributed by atoms with Gasteiger partial charge in [-0.2, -0.15) is 0 Å². The zero-order chi connectivity index (χ0) is 17.0. The third kappa shape index (κ3) is 21.0. The molecule has 0 aromatic rings. The molecule has 23 heavy (non-hydrogen) atoms. The number of carbonyl (C=O) groups is 1. The Morgan fingerprint density at radius 1 is 0.783 bits per heavy atom. The van der Waals surface area contributed by atoms with E-state index in [0.29, 0.717) is 0 Å². The molecule has 0 aromatic carbocycles. The normalized spacial score (nSPS) is 11.2. The number of hydrogen-bond donors (Lipinski definition) is 2. The van der Waals surface area contributed by atoms with Gasteiger partial charge >= 0.3 is 5.97 Å². The first-order valence-corrected chi connectivity index (χ1v) is 9.87. The fourth-order valence-electron chi connectivity index (χ4n) is 2.77. The minimum absolute atomic E-state index is 0.00917. The molecule has 2 N–H and O–H groups in total. The summed E-state index contributed by atoms with van der Waals surface area (Å²) in [6, 6.07) is 0. The van der Waals surface area contributed by atoms with E-state index in [1.807, 2.05) is 6.08 Å². The molecule has 3 heteroatoms. The summed E-state index contributed by atoms with van der Waals surface area (Å²) in [4.78, 5) is 10.3. The van der Waals surface area contributed by atoms with E-state index < -0.39 is 5.97 Å². The van der Waals surface area contributed by atoms with Gasteiger partial charge < -0.3 is 10.4 Å². The quantitative estimate of drug-likeness (QED) is 0.302. The zero-order valence-corrected chi connectivity index (χ0v) is 15.3. The Morgan fingerprint density at radius 3 is 1.65 bits per heavy atom. The number of rotatable bonds is 18. The first kappa shape index (κ1) is 22.0. The van der Waals surface area contributed by atoms with E-state index in [9.17, 15) is 4.79 Å². The Balaban J connectivity index is 3.04. The van der Waals surface area contributed by atoms with E-state index in [0.717, 1.165) is 6.42 Å². The second kappa shape index (κ2) is 19.1. The van der Waals surface area contributed by atoms with Crippen molar-refractivity contribution in [3.05, 3.63) is 12.3 Å². The molecule has 0 saturated heterocycles. The smallest absolute Gasteiger partial charge is 0.322 e. The topological polar surface area (TPSA) is 49.3 Å². The lowest BCUT2D eigenvalue weighted by Gasteiger charge is -2.02. The van der Waals surface area contributed by atoms with E-state index in [1.165, 1.54) is 89.9 Å². The Morgan fingerprint density at radius 2 is 1.22 bits per heavy atom. The summed E-state index contributed by atoms with van der Waals surface area (Å²) in [5.74, 6) is -0.814. The zero-order valence-electron chi connectivity index (χ0n) is 15.3. The van der Waals surface area contributed by atoms with Crippen molar-refractivity contribution < 1.29 is 9.90 Å². The van der Waals surface area contributed by atoms with Crippen molar-refractivity contribution in [1.82, 2.24) is 5.32 Å². The second-order valence-corrected chi connectivity index (χ2v) is 6.56. The van der Waals surface area contributed by atoms with E-state index in [2.05, 4.69) is 12.2 Å². The Kier molecular flexibility index (Phi) is 18.2. The van der Waals surface area contributed by atoms with Crippen LogP contribution in [0.25, 0.3) is 0 Å². The molecule has 0 aliphatic heterocycles. The van der Waals surface area contributed by atoms with Crippen LogP contribution in [0.2, 0.25) is 0 Å². The van der Waals surface area contributed by atoms with E-state index in [4.69, 9.17) is 5.11 Å². The molecule has 136 valence electrons. The molecular formula is C20H39NO2. The van der Waals surface area contributed by atoms with Gasteiger partial charge in [-0.3, -0.25) is 4.79 Å². The van der Waals surface area contributed by atoms with Gasteiger partial charge in [0.15, 0.2) is 0 Å². The van der Waals surface area contributed by atoms with Crippen LogP contribution < -0.4 is 5.32 Å².